The number of alkyl halides is 4. The fourth-order valence-electron chi connectivity index (χ4n) is 12.5. The van der Waals surface area contributed by atoms with Crippen LogP contribution in [0, 0.1) is 46.3 Å². The van der Waals surface area contributed by atoms with Crippen molar-refractivity contribution >= 4 is 75.7 Å². The molecule has 4 aliphatic rings. The van der Waals surface area contributed by atoms with Gasteiger partial charge in [-0.3, -0.25) is 14.4 Å². The molecule has 60 heavy (non-hydrogen) atoms. The predicted molar refractivity (Wildman–Crippen MR) is 244 cm³/mol. The van der Waals surface area contributed by atoms with Gasteiger partial charge >= 0.3 is 17.9 Å². The number of carboxylic acids is 1. The summed E-state index contributed by atoms with van der Waals surface area (Å²) in [5.41, 5.74) is 3.70. The van der Waals surface area contributed by atoms with E-state index in [1.54, 1.807) is 0 Å². The summed E-state index contributed by atoms with van der Waals surface area (Å²) in [6, 6.07) is 16.1. The summed E-state index contributed by atoms with van der Waals surface area (Å²) < 4.78 is 12.9. The Bertz CT molecular complexity index is 1720. The van der Waals surface area contributed by atoms with Crippen molar-refractivity contribution < 1.29 is 29.0 Å². The number of hydrogen-bond donors (Lipinski definition) is 1. The molecule has 0 unspecified atom stereocenters. The maximum Gasteiger partial charge on any atom is 0.310 e. The lowest BCUT2D eigenvalue weighted by Gasteiger charge is -2.62. The van der Waals surface area contributed by atoms with E-state index in [1.807, 2.05) is 48.5 Å². The van der Waals surface area contributed by atoms with Gasteiger partial charge in [-0.25, -0.2) is 0 Å². The van der Waals surface area contributed by atoms with Gasteiger partial charge in [-0.2, -0.15) is 0 Å². The Morgan fingerprint density at radius 1 is 0.717 bits per heavy atom. The number of ether oxygens (including phenoxy) is 2. The van der Waals surface area contributed by atoms with Gasteiger partial charge in [-0.05, 0) is 134 Å². The Kier molecular flexibility index (Phi) is 16.7. The van der Waals surface area contributed by atoms with Gasteiger partial charge in [0.25, 0.3) is 0 Å². The first-order chi connectivity index (χ1) is 28.8. The molecule has 0 radical (unpaired) electrons. The zero-order valence-electron chi connectivity index (χ0n) is 35.8. The molecule has 0 amide bonds. The summed E-state index contributed by atoms with van der Waals surface area (Å²) in [7, 11) is 0. The maximum absolute atomic E-state index is 14.0. The lowest BCUT2D eigenvalue weighted by Crippen LogP contribution is -2.59. The second kappa shape index (κ2) is 21.3. The number of anilines is 2. The minimum atomic E-state index is -0.761. The number of esters is 2. The first-order valence-electron chi connectivity index (χ1n) is 22.4. The van der Waals surface area contributed by atoms with Gasteiger partial charge in [0.2, 0.25) is 0 Å². The Balaban J connectivity index is 1.14. The minimum absolute atomic E-state index is 0.0480. The largest absolute Gasteiger partial charge is 0.481 e. The summed E-state index contributed by atoms with van der Waals surface area (Å²) in [5, 5.41) is 9.58. The first kappa shape index (κ1) is 47.1. The Morgan fingerprint density at radius 3 is 1.77 bits per heavy atom. The third kappa shape index (κ3) is 10.7. The maximum atomic E-state index is 14.0. The van der Waals surface area contributed by atoms with E-state index in [4.69, 9.17) is 55.9 Å². The molecule has 4 aliphatic carbocycles. The van der Waals surface area contributed by atoms with Crippen LogP contribution in [0.3, 0.4) is 0 Å². The van der Waals surface area contributed by atoms with Crippen molar-refractivity contribution in [3.63, 3.8) is 0 Å². The summed E-state index contributed by atoms with van der Waals surface area (Å²) in [6.07, 6.45) is 8.66. The summed E-state index contributed by atoms with van der Waals surface area (Å²) in [5.74, 6) is 3.09. The number of aliphatic carboxylic acids is 1. The SMILES string of the molecule is C[C@H](CCC(=O)O)[C@H]1CC[C@H]2[C@@H]3CC[C@H]4C[C@@H](OC(=O)Cc5ccc(N(CCCl)CCCl)cc5)CC[C@]4(C)[C@H]3C[C@H](OC(=O)Cc3ccc(N(CCCl)CCCl)cc3)[C@]12C. The van der Waals surface area contributed by atoms with Gasteiger partial charge in [0.15, 0.2) is 0 Å². The second-order valence-electron chi connectivity index (χ2n) is 18.6. The molecular formula is C48H66Cl4N2O6. The molecule has 0 spiro atoms. The molecule has 8 nitrogen and oxygen atoms in total. The highest BCUT2D eigenvalue weighted by Crippen LogP contribution is 2.69. The Hall–Kier alpha value is -2.39. The van der Waals surface area contributed by atoms with Crippen molar-refractivity contribution in [1.82, 2.24) is 0 Å². The van der Waals surface area contributed by atoms with Crippen LogP contribution in [0.5, 0.6) is 0 Å². The number of nitrogens with zero attached hydrogens (tertiary/aromatic N) is 2. The third-order valence-electron chi connectivity index (χ3n) is 15.6. The highest BCUT2D eigenvalue weighted by molar-refractivity contribution is 6.19. The zero-order chi connectivity index (χ0) is 43.0. The number of carbonyl (C=O) groups excluding carboxylic acids is 2. The quantitative estimate of drug-likeness (QED) is 0.104. The highest BCUT2D eigenvalue weighted by Gasteiger charge is 2.65. The van der Waals surface area contributed by atoms with Crippen LogP contribution in [0.15, 0.2) is 48.5 Å². The van der Waals surface area contributed by atoms with E-state index in [-0.39, 0.29) is 66.1 Å². The average molecular weight is 909 g/mol. The monoisotopic (exact) mass is 906 g/mol. The lowest BCUT2D eigenvalue weighted by molar-refractivity contribution is -0.199. The van der Waals surface area contributed by atoms with E-state index < -0.39 is 5.97 Å². The van der Waals surface area contributed by atoms with Crippen LogP contribution in [-0.4, -0.2) is 84.9 Å². The number of rotatable bonds is 20. The molecule has 332 valence electrons. The molecule has 4 fully saturated rings. The number of benzene rings is 2. The topological polar surface area (TPSA) is 96.4 Å². The minimum Gasteiger partial charge on any atom is -0.481 e. The molecular weight excluding hydrogens is 842 g/mol. The molecule has 10 atom stereocenters. The molecule has 0 saturated heterocycles. The molecule has 12 heteroatoms. The zero-order valence-corrected chi connectivity index (χ0v) is 38.8. The van der Waals surface area contributed by atoms with Crippen molar-refractivity contribution in [3.8, 4) is 0 Å². The fourth-order valence-corrected chi connectivity index (χ4v) is 13.3. The number of carbonyl (C=O) groups is 3. The van der Waals surface area contributed by atoms with Crippen molar-refractivity contribution in [2.24, 2.45) is 46.3 Å². The summed E-state index contributed by atoms with van der Waals surface area (Å²) in [4.78, 5) is 43.3. The van der Waals surface area contributed by atoms with E-state index >= 15 is 0 Å². The second-order valence-corrected chi connectivity index (χ2v) is 20.1. The van der Waals surface area contributed by atoms with Gasteiger partial charge in [0.1, 0.15) is 12.2 Å². The van der Waals surface area contributed by atoms with Gasteiger partial charge in [0, 0.05) is 72.9 Å². The Morgan fingerprint density at radius 2 is 1.25 bits per heavy atom. The molecule has 6 rings (SSSR count). The number of hydrogen-bond acceptors (Lipinski definition) is 7. The molecule has 0 aromatic heterocycles. The molecule has 0 aliphatic heterocycles. The van der Waals surface area contributed by atoms with Crippen molar-refractivity contribution in [1.29, 1.82) is 0 Å². The average Bonchev–Trinajstić information content (AvgIpc) is 3.59. The van der Waals surface area contributed by atoms with Gasteiger partial charge < -0.3 is 24.4 Å². The molecule has 1 N–H and O–H groups in total. The van der Waals surface area contributed by atoms with Crippen LogP contribution in [-0.2, 0) is 36.7 Å². The molecule has 0 heterocycles. The van der Waals surface area contributed by atoms with Crippen LogP contribution in [0.25, 0.3) is 0 Å². The summed E-state index contributed by atoms with van der Waals surface area (Å²) >= 11 is 24.1. The van der Waals surface area contributed by atoms with E-state index in [1.165, 1.54) is 0 Å². The predicted octanol–water partition coefficient (Wildman–Crippen LogP) is 10.6. The molecule has 2 aromatic carbocycles. The van der Waals surface area contributed by atoms with E-state index in [0.29, 0.717) is 79.8 Å². The van der Waals surface area contributed by atoms with Gasteiger partial charge in [0.05, 0.1) is 12.8 Å². The van der Waals surface area contributed by atoms with Gasteiger partial charge in [-0.1, -0.05) is 45.0 Å². The van der Waals surface area contributed by atoms with Crippen LogP contribution >= 0.6 is 46.4 Å². The van der Waals surface area contributed by atoms with E-state index in [0.717, 1.165) is 73.9 Å². The normalized spacial score (nSPS) is 30.0. The summed E-state index contributed by atoms with van der Waals surface area (Å²) in [6.45, 7) is 9.84. The van der Waals surface area contributed by atoms with Crippen LogP contribution in [0.1, 0.15) is 96.1 Å². The van der Waals surface area contributed by atoms with Crippen LogP contribution < -0.4 is 9.80 Å². The molecule has 0 bridgehead atoms. The first-order valence-corrected chi connectivity index (χ1v) is 24.5. The Labute approximate surface area is 378 Å². The van der Waals surface area contributed by atoms with Crippen molar-refractivity contribution in [2.45, 2.75) is 110 Å². The fraction of sp³-hybridized carbons (Fsp3) is 0.688. The van der Waals surface area contributed by atoms with Crippen LogP contribution in [0.2, 0.25) is 0 Å². The third-order valence-corrected chi connectivity index (χ3v) is 16.2. The number of carboxylic acid groups (broad SMARTS) is 1. The van der Waals surface area contributed by atoms with Crippen LogP contribution in [0.4, 0.5) is 11.4 Å². The lowest BCUT2D eigenvalue weighted by atomic mass is 9.43. The highest BCUT2D eigenvalue weighted by atomic mass is 35.5. The number of fused-ring (bicyclic) bond motifs is 5. The number of halogens is 4. The van der Waals surface area contributed by atoms with Gasteiger partial charge in [-0.15, -0.1) is 46.4 Å². The molecule has 2 aromatic rings. The van der Waals surface area contributed by atoms with Crippen molar-refractivity contribution in [3.05, 3.63) is 59.7 Å². The molecule has 4 saturated carbocycles. The van der Waals surface area contributed by atoms with E-state index in [9.17, 15) is 19.5 Å². The van der Waals surface area contributed by atoms with E-state index in [2.05, 4.69) is 30.6 Å². The van der Waals surface area contributed by atoms with Crippen molar-refractivity contribution in [2.75, 3.05) is 59.5 Å². The standard InChI is InChI=1S/C48H66Cl4N2O6/c1-32(4-17-44(55)56)40-15-16-41-39-14-9-35-30-38(59-45(57)28-33-5-10-36(11-6-33)53(24-20-49)25-21-50)18-19-47(35,2)42(39)31-43(48(40,41)3)60-46(58)29-34-7-12-37(13-8-34)54(26-22-51)27-23-52/h5-8,10-13,32,35,38-43H,4,9,14-31H2,1-3H3,(H,55,56)/t32-,35+,38+,39+,40-,41+,42+,43+,47+,48-/m1/s1. The smallest absolute Gasteiger partial charge is 0.310 e.